The second-order valence-electron chi connectivity index (χ2n) is 16.5. The first-order valence-electron chi connectivity index (χ1n) is 22.8. The monoisotopic (exact) mass is 778 g/mol. The Morgan fingerprint density at radius 3 is 1.12 bits per heavy atom. The summed E-state index contributed by atoms with van der Waals surface area (Å²) < 4.78 is 12.9. The largest absolute Gasteiger partial charge is 0.425 e. The Labute approximate surface area is 347 Å². The van der Waals surface area contributed by atoms with Gasteiger partial charge >= 0.3 is 11.9 Å². The molecule has 6 rings (SSSR count). The highest BCUT2D eigenvalue weighted by atomic mass is 16.5. The van der Waals surface area contributed by atoms with Gasteiger partial charge in [0.1, 0.15) is 11.5 Å². The van der Waals surface area contributed by atoms with Crippen LogP contribution >= 0.6 is 0 Å². The normalized spacial score (nSPS) is 11.6. The van der Waals surface area contributed by atoms with Crippen LogP contribution in [0.15, 0.2) is 84.9 Å². The molecule has 0 aliphatic rings. The van der Waals surface area contributed by atoms with E-state index < -0.39 is 0 Å². The molecular weight excluding hydrogens is 713 g/mol. The van der Waals surface area contributed by atoms with Crippen LogP contribution in [0.3, 0.4) is 0 Å². The minimum Gasteiger partial charge on any atom is -0.425 e. The smallest absolute Gasteiger partial charge is 0.311 e. The quantitative estimate of drug-likeness (QED) is 0.0281. The number of hydrogen-bond acceptors (Lipinski definition) is 4. The number of unbranched alkanes of at least 4 members (excludes halogenated alkanes) is 12. The molecule has 0 spiro atoms. The molecule has 0 fully saturated rings. The van der Waals surface area contributed by atoms with E-state index in [4.69, 9.17) is 9.47 Å². The summed E-state index contributed by atoms with van der Waals surface area (Å²) in [6.45, 7) is 8.91. The molecule has 0 amide bonds. The minimum atomic E-state index is -0.174. The highest BCUT2D eigenvalue weighted by Gasteiger charge is 2.25. The van der Waals surface area contributed by atoms with Gasteiger partial charge in [0.25, 0.3) is 0 Å². The third kappa shape index (κ3) is 10.5. The average Bonchev–Trinajstić information content (AvgIpc) is 3.24. The van der Waals surface area contributed by atoms with E-state index in [1.165, 1.54) is 49.7 Å². The van der Waals surface area contributed by atoms with E-state index >= 15 is 0 Å². The number of carbonyl (C=O) groups excluding carboxylic acids is 2. The SMILES string of the molecule is CCCCCCCC(=O)Oc1c2ccccc2c(-c2c3ccccc3c(OC(=O)CCCCCCC)c3ccc(CCCCC)cc23)c2cc(CCCCC)ccc12. The van der Waals surface area contributed by atoms with Crippen LogP contribution in [-0.4, -0.2) is 11.9 Å². The third-order valence-corrected chi connectivity index (χ3v) is 11.9. The first-order valence-corrected chi connectivity index (χ1v) is 22.8. The first kappa shape index (κ1) is 42.9. The molecule has 6 aromatic rings. The predicted molar refractivity (Wildman–Crippen MR) is 246 cm³/mol. The standard InChI is InChI=1S/C54H66O4/c1-5-9-13-15-19-31-49(55)57-53-43-29-23-21-27-41(43)51(47-37-39(25-17-11-7-3)33-35-45(47)53)52-42-28-22-24-30-44(42)54(58-50(56)32-20-16-14-10-6-2)46-36-34-40(38-48(46)52)26-18-12-8-4/h21-24,27-30,33-38H,5-20,25-26,31-32H2,1-4H3. The Bertz CT molecular complexity index is 2140. The predicted octanol–water partition coefficient (Wildman–Crippen LogP) is 16.0. The van der Waals surface area contributed by atoms with E-state index in [1.807, 2.05) is 12.1 Å². The maximum atomic E-state index is 13.6. The Hall–Kier alpha value is -4.70. The van der Waals surface area contributed by atoms with E-state index in [1.54, 1.807) is 0 Å². The zero-order valence-corrected chi connectivity index (χ0v) is 35.9. The summed E-state index contributed by atoms with van der Waals surface area (Å²) in [7, 11) is 0. The second kappa shape index (κ2) is 21.9. The van der Waals surface area contributed by atoms with Crippen molar-refractivity contribution in [3.63, 3.8) is 0 Å². The average molecular weight is 779 g/mol. The number of fused-ring (bicyclic) bond motifs is 4. The lowest BCUT2D eigenvalue weighted by Gasteiger charge is -2.22. The van der Waals surface area contributed by atoms with Gasteiger partial charge in [-0.1, -0.05) is 190 Å². The van der Waals surface area contributed by atoms with Gasteiger partial charge in [-0.15, -0.1) is 0 Å². The second-order valence-corrected chi connectivity index (χ2v) is 16.5. The number of ether oxygens (including phenoxy) is 2. The molecule has 4 nitrogen and oxygen atoms in total. The Kier molecular flexibility index (Phi) is 16.2. The molecule has 6 aromatic carbocycles. The molecule has 0 saturated carbocycles. The molecule has 0 bridgehead atoms. The summed E-state index contributed by atoms with van der Waals surface area (Å²) in [6, 6.07) is 30.4. The van der Waals surface area contributed by atoms with Crippen molar-refractivity contribution >= 4 is 55.0 Å². The molecule has 0 aliphatic heterocycles. The zero-order valence-electron chi connectivity index (χ0n) is 35.9. The van der Waals surface area contributed by atoms with E-state index in [0.29, 0.717) is 24.3 Å². The van der Waals surface area contributed by atoms with Gasteiger partial charge in [0.05, 0.1) is 0 Å². The van der Waals surface area contributed by atoms with Crippen molar-refractivity contribution in [3.8, 4) is 22.6 Å². The lowest BCUT2D eigenvalue weighted by Crippen LogP contribution is -2.09. The summed E-state index contributed by atoms with van der Waals surface area (Å²) in [5.41, 5.74) is 4.82. The topological polar surface area (TPSA) is 52.6 Å². The molecular formula is C54H66O4. The summed E-state index contributed by atoms with van der Waals surface area (Å²) in [6.07, 6.45) is 20.5. The van der Waals surface area contributed by atoms with Crippen molar-refractivity contribution in [3.05, 3.63) is 96.1 Å². The highest BCUT2D eigenvalue weighted by molar-refractivity contribution is 6.27. The van der Waals surface area contributed by atoms with Gasteiger partial charge in [-0.3, -0.25) is 9.59 Å². The lowest BCUT2D eigenvalue weighted by atomic mass is 9.84. The molecule has 0 aliphatic carbocycles. The van der Waals surface area contributed by atoms with Crippen molar-refractivity contribution in [1.82, 2.24) is 0 Å². The van der Waals surface area contributed by atoms with E-state index in [0.717, 1.165) is 131 Å². The van der Waals surface area contributed by atoms with Crippen LogP contribution in [0.2, 0.25) is 0 Å². The number of aryl methyl sites for hydroxylation is 2. The molecule has 0 atom stereocenters. The Morgan fingerprint density at radius 2 is 0.724 bits per heavy atom. The Balaban J connectivity index is 1.60. The molecule has 0 saturated heterocycles. The summed E-state index contributed by atoms with van der Waals surface area (Å²) in [5.74, 6) is 0.941. The number of carbonyl (C=O) groups is 2. The summed E-state index contributed by atoms with van der Waals surface area (Å²) in [4.78, 5) is 27.2. The fourth-order valence-electron chi connectivity index (χ4n) is 8.67. The first-order chi connectivity index (χ1) is 28.5. The van der Waals surface area contributed by atoms with Crippen LogP contribution in [0.1, 0.15) is 154 Å². The fourth-order valence-corrected chi connectivity index (χ4v) is 8.67. The van der Waals surface area contributed by atoms with Crippen LogP contribution in [0.4, 0.5) is 0 Å². The molecule has 0 N–H and O–H groups in total. The van der Waals surface area contributed by atoms with Crippen molar-refractivity contribution < 1.29 is 19.1 Å². The maximum Gasteiger partial charge on any atom is 0.311 e. The number of hydrogen-bond donors (Lipinski definition) is 0. The number of benzene rings is 6. The fraction of sp³-hybridized carbons (Fsp3) is 0.444. The molecule has 306 valence electrons. The van der Waals surface area contributed by atoms with Crippen molar-refractivity contribution in [2.45, 2.75) is 156 Å². The number of esters is 2. The van der Waals surface area contributed by atoms with Gasteiger partial charge in [0.2, 0.25) is 0 Å². The highest BCUT2D eigenvalue weighted by Crippen LogP contribution is 2.50. The van der Waals surface area contributed by atoms with E-state index in [9.17, 15) is 9.59 Å². The van der Waals surface area contributed by atoms with Gasteiger partial charge in [-0.05, 0) is 82.3 Å². The van der Waals surface area contributed by atoms with Crippen LogP contribution in [-0.2, 0) is 22.4 Å². The molecule has 0 heterocycles. The Morgan fingerprint density at radius 1 is 0.379 bits per heavy atom. The minimum absolute atomic E-state index is 0.174. The lowest BCUT2D eigenvalue weighted by molar-refractivity contribution is -0.135. The maximum absolute atomic E-state index is 13.6. The van der Waals surface area contributed by atoms with Crippen LogP contribution in [0.25, 0.3) is 54.2 Å². The van der Waals surface area contributed by atoms with E-state index in [-0.39, 0.29) is 11.9 Å². The van der Waals surface area contributed by atoms with E-state index in [2.05, 4.69) is 100 Å². The van der Waals surface area contributed by atoms with Crippen LogP contribution < -0.4 is 9.47 Å². The molecule has 0 aromatic heterocycles. The van der Waals surface area contributed by atoms with Gasteiger partial charge in [0.15, 0.2) is 0 Å². The van der Waals surface area contributed by atoms with Crippen LogP contribution in [0.5, 0.6) is 11.5 Å². The van der Waals surface area contributed by atoms with Gasteiger partial charge in [-0.25, -0.2) is 0 Å². The summed E-state index contributed by atoms with van der Waals surface area (Å²) >= 11 is 0. The van der Waals surface area contributed by atoms with Crippen molar-refractivity contribution in [2.24, 2.45) is 0 Å². The summed E-state index contributed by atoms with van der Waals surface area (Å²) in [5, 5.41) is 8.01. The van der Waals surface area contributed by atoms with Crippen molar-refractivity contribution in [2.75, 3.05) is 0 Å². The molecule has 4 heteroatoms. The molecule has 58 heavy (non-hydrogen) atoms. The van der Waals surface area contributed by atoms with Gasteiger partial charge in [-0.2, -0.15) is 0 Å². The van der Waals surface area contributed by atoms with Crippen LogP contribution in [0, 0.1) is 0 Å². The van der Waals surface area contributed by atoms with Gasteiger partial charge < -0.3 is 9.47 Å². The molecule has 0 radical (unpaired) electrons. The molecule has 0 unspecified atom stereocenters. The number of rotatable bonds is 23. The third-order valence-electron chi connectivity index (χ3n) is 11.9. The van der Waals surface area contributed by atoms with Crippen molar-refractivity contribution in [1.29, 1.82) is 0 Å². The van der Waals surface area contributed by atoms with Gasteiger partial charge in [0, 0.05) is 34.4 Å². The zero-order chi connectivity index (χ0) is 40.7.